The van der Waals surface area contributed by atoms with Crippen molar-refractivity contribution in [1.82, 2.24) is 59.3 Å². The normalized spacial score (nSPS) is 12.2. The monoisotopic (exact) mass is 986 g/mol. The van der Waals surface area contributed by atoms with Crippen molar-refractivity contribution in [3.8, 4) is 22.8 Å². The van der Waals surface area contributed by atoms with Crippen molar-refractivity contribution in [3.63, 3.8) is 0 Å². The van der Waals surface area contributed by atoms with Crippen molar-refractivity contribution in [2.45, 2.75) is 111 Å². The molecule has 70 heavy (non-hydrogen) atoms. The summed E-state index contributed by atoms with van der Waals surface area (Å²) in [5.74, 6) is -0.419. The standard InChI is InChI=1S/C25H34N6O3Si.C25H32N6O3Si/c2*1-16(2)27-25(33)19-13-31(15-34-9-10-35(4,5)6)24-23(19)28-20(12-26-24)22-18-11-17(14-32)7-8-21(18)30(3)29-22/h7-8,11-13,16,32H,9-10,14-15H2,1-6H3,(H,27,33);7-8,11-14,16H,9-10,15H2,1-6H3,(H,27,33). The molecule has 0 unspecified atom stereocenters. The Morgan fingerprint density at radius 2 is 1.13 bits per heavy atom. The van der Waals surface area contributed by atoms with E-state index in [0.717, 1.165) is 45.7 Å². The molecule has 8 rings (SSSR count). The van der Waals surface area contributed by atoms with Crippen molar-refractivity contribution in [1.29, 1.82) is 0 Å². The number of aliphatic hydroxyl groups is 1. The van der Waals surface area contributed by atoms with E-state index in [2.05, 4.69) is 70.1 Å². The predicted octanol–water partition coefficient (Wildman–Crippen LogP) is 8.18. The average Bonchev–Trinajstić information content (AvgIpc) is 4.05. The smallest absolute Gasteiger partial charge is 0.255 e. The summed E-state index contributed by atoms with van der Waals surface area (Å²) in [6.45, 7) is 23.4. The van der Waals surface area contributed by atoms with Gasteiger partial charge in [-0.1, -0.05) is 45.3 Å². The fraction of sp³-hybridized carbons (Fsp3) is 0.420. The van der Waals surface area contributed by atoms with Crippen molar-refractivity contribution < 1.29 is 29.0 Å². The number of nitrogens with one attached hydrogen (secondary N) is 2. The Balaban J connectivity index is 0.000000206. The maximum atomic E-state index is 13.0. The maximum Gasteiger partial charge on any atom is 0.255 e. The number of nitrogens with zero attached hydrogens (tertiary/aromatic N) is 10. The van der Waals surface area contributed by atoms with Crippen molar-refractivity contribution >= 4 is 78.4 Å². The number of carbonyl (C=O) groups is 3. The Morgan fingerprint density at radius 1 is 0.686 bits per heavy atom. The minimum atomic E-state index is -1.21. The van der Waals surface area contributed by atoms with Crippen LogP contribution in [0.4, 0.5) is 0 Å². The first kappa shape index (κ1) is 51.4. The summed E-state index contributed by atoms with van der Waals surface area (Å²) >= 11 is 0. The molecular formula is C50H66N12O6Si2. The number of carbonyl (C=O) groups excluding carboxylic acids is 3. The minimum Gasteiger partial charge on any atom is -0.392 e. The summed E-state index contributed by atoms with van der Waals surface area (Å²) in [6.07, 6.45) is 7.66. The van der Waals surface area contributed by atoms with Crippen LogP contribution < -0.4 is 10.6 Å². The summed E-state index contributed by atoms with van der Waals surface area (Å²) in [6, 6.07) is 13.2. The van der Waals surface area contributed by atoms with Gasteiger partial charge >= 0.3 is 0 Å². The van der Waals surface area contributed by atoms with Crippen LogP contribution in [-0.4, -0.2) is 113 Å². The van der Waals surface area contributed by atoms with E-state index in [4.69, 9.17) is 19.4 Å². The molecule has 0 atom stereocenters. The Morgan fingerprint density at radius 3 is 1.54 bits per heavy atom. The highest BCUT2D eigenvalue weighted by atomic mass is 28.3. The molecule has 370 valence electrons. The van der Waals surface area contributed by atoms with E-state index >= 15 is 0 Å². The van der Waals surface area contributed by atoms with Gasteiger partial charge in [-0.15, -0.1) is 0 Å². The van der Waals surface area contributed by atoms with Gasteiger partial charge in [0.1, 0.15) is 53.6 Å². The molecule has 6 heterocycles. The van der Waals surface area contributed by atoms with Crippen LogP contribution in [-0.2, 0) is 43.6 Å². The fourth-order valence-electron chi connectivity index (χ4n) is 7.77. The summed E-state index contributed by atoms with van der Waals surface area (Å²) in [5.41, 5.74) is 8.54. The lowest BCUT2D eigenvalue weighted by atomic mass is 10.1. The van der Waals surface area contributed by atoms with E-state index in [9.17, 15) is 19.5 Å². The molecule has 18 nitrogen and oxygen atoms in total. The third kappa shape index (κ3) is 11.9. The van der Waals surface area contributed by atoms with Gasteiger partial charge in [0.2, 0.25) is 0 Å². The molecule has 2 amide bonds. The molecule has 20 heteroatoms. The van der Waals surface area contributed by atoms with E-state index in [-0.39, 0.29) is 30.5 Å². The van der Waals surface area contributed by atoms with E-state index < -0.39 is 16.1 Å². The topological polar surface area (TPSA) is 211 Å². The Bertz CT molecular complexity index is 3190. The van der Waals surface area contributed by atoms with Crippen LogP contribution in [0.2, 0.25) is 51.4 Å². The predicted molar refractivity (Wildman–Crippen MR) is 279 cm³/mol. The van der Waals surface area contributed by atoms with Gasteiger partial charge in [-0.2, -0.15) is 10.2 Å². The van der Waals surface area contributed by atoms with Crippen molar-refractivity contribution in [2.75, 3.05) is 13.2 Å². The van der Waals surface area contributed by atoms with Crippen LogP contribution in [0.25, 0.3) is 66.9 Å². The molecule has 6 aromatic heterocycles. The number of aldehydes is 1. The number of rotatable bonds is 18. The lowest BCUT2D eigenvalue weighted by molar-refractivity contribution is 0.0886. The second-order valence-electron chi connectivity index (χ2n) is 20.7. The number of amides is 2. The molecule has 8 aromatic rings. The second-order valence-corrected chi connectivity index (χ2v) is 31.9. The van der Waals surface area contributed by atoms with Gasteiger partial charge in [0.15, 0.2) is 11.3 Å². The minimum absolute atomic E-state index is 0.0123. The number of hydrogen-bond acceptors (Lipinski definition) is 12. The number of benzene rings is 2. The highest BCUT2D eigenvalue weighted by Gasteiger charge is 2.24. The molecule has 0 radical (unpaired) electrons. The van der Waals surface area contributed by atoms with Gasteiger partial charge in [-0.3, -0.25) is 23.7 Å². The molecule has 0 fully saturated rings. The SMILES string of the molecule is CC(C)NC(=O)c1cn(COCC[Si](C)(C)C)c2ncc(-c3nn(C)c4ccc(C=O)cc34)nc12.CC(C)NC(=O)c1cn(COCC[Si](C)(C)C)c2ncc(-c3nn(C)c4ccc(CO)cc34)nc12. The number of fused-ring (bicyclic) bond motifs is 4. The molecule has 0 saturated heterocycles. The Hall–Kier alpha value is -6.46. The summed E-state index contributed by atoms with van der Waals surface area (Å²) in [7, 11) is 1.30. The molecular weight excluding hydrogens is 921 g/mol. The van der Waals surface area contributed by atoms with E-state index in [1.165, 1.54) is 0 Å². The summed E-state index contributed by atoms with van der Waals surface area (Å²) in [5, 5.41) is 26.5. The van der Waals surface area contributed by atoms with Gasteiger partial charge < -0.3 is 34.3 Å². The fourth-order valence-corrected chi connectivity index (χ4v) is 9.28. The number of ether oxygens (including phenoxy) is 2. The number of aryl methyl sites for hydroxylation is 2. The lowest BCUT2D eigenvalue weighted by Crippen LogP contribution is -2.30. The van der Waals surface area contributed by atoms with Gasteiger partial charge in [0, 0.05) is 84.3 Å². The molecule has 0 bridgehead atoms. The van der Waals surface area contributed by atoms with E-state index in [0.29, 0.717) is 88.5 Å². The molecule has 0 aliphatic heterocycles. The third-order valence-corrected chi connectivity index (χ3v) is 14.9. The lowest BCUT2D eigenvalue weighted by Gasteiger charge is -2.15. The van der Waals surface area contributed by atoms with Crippen molar-refractivity contribution in [3.05, 3.63) is 83.4 Å². The van der Waals surface area contributed by atoms with Crippen LogP contribution in [0.15, 0.2) is 61.2 Å². The average molecular weight is 987 g/mol. The first-order valence-corrected chi connectivity index (χ1v) is 31.0. The molecule has 0 saturated carbocycles. The largest absolute Gasteiger partial charge is 0.392 e. The highest BCUT2D eigenvalue weighted by Crippen LogP contribution is 2.31. The second kappa shape index (κ2) is 21.3. The molecule has 0 aliphatic carbocycles. The van der Waals surface area contributed by atoms with Crippen LogP contribution in [0.3, 0.4) is 0 Å². The first-order valence-electron chi connectivity index (χ1n) is 23.6. The Labute approximate surface area is 409 Å². The van der Waals surface area contributed by atoms with Gasteiger partial charge in [-0.05, 0) is 75.7 Å². The van der Waals surface area contributed by atoms with Gasteiger partial charge in [-0.25, -0.2) is 19.9 Å². The third-order valence-electron chi connectivity index (χ3n) is 11.5. The molecule has 2 aromatic carbocycles. The quantitative estimate of drug-likeness (QED) is 0.0422. The molecule has 0 spiro atoms. The zero-order valence-electron chi connectivity index (χ0n) is 42.4. The van der Waals surface area contributed by atoms with E-state index in [1.807, 2.05) is 75.2 Å². The van der Waals surface area contributed by atoms with Crippen LogP contribution in [0.5, 0.6) is 0 Å². The van der Waals surface area contributed by atoms with Gasteiger partial charge in [0.25, 0.3) is 11.8 Å². The first-order chi connectivity index (χ1) is 33.1. The van der Waals surface area contributed by atoms with Crippen molar-refractivity contribution in [2.24, 2.45) is 14.1 Å². The maximum absolute atomic E-state index is 13.0. The van der Waals surface area contributed by atoms with Crippen LogP contribution >= 0.6 is 0 Å². The number of hydrogen-bond donors (Lipinski definition) is 3. The van der Waals surface area contributed by atoms with E-state index in [1.54, 1.807) is 46.3 Å². The summed E-state index contributed by atoms with van der Waals surface area (Å²) < 4.78 is 19.1. The summed E-state index contributed by atoms with van der Waals surface area (Å²) in [4.78, 5) is 56.4. The molecule has 3 N–H and O–H groups in total. The molecule has 0 aliphatic rings. The zero-order valence-corrected chi connectivity index (χ0v) is 44.4. The number of aromatic nitrogens is 10. The van der Waals surface area contributed by atoms with Crippen LogP contribution in [0, 0.1) is 0 Å². The number of aliphatic hydroxyl groups excluding tert-OH is 1. The van der Waals surface area contributed by atoms with Gasteiger partial charge in [0.05, 0.1) is 41.2 Å². The van der Waals surface area contributed by atoms with Crippen LogP contribution in [0.1, 0.15) is 64.3 Å². The zero-order chi connectivity index (χ0) is 50.7. The Kier molecular flexibility index (Phi) is 15.6. The highest BCUT2D eigenvalue weighted by molar-refractivity contribution is 6.76.